The highest BCUT2D eigenvalue weighted by Gasteiger charge is 1.96. The zero-order valence-electron chi connectivity index (χ0n) is 9.91. The summed E-state index contributed by atoms with van der Waals surface area (Å²) in [7, 11) is 0. The van der Waals surface area contributed by atoms with Gasteiger partial charge in [-0.05, 0) is 37.9 Å². The number of primary amides is 1. The van der Waals surface area contributed by atoms with Crippen LogP contribution < -0.4 is 11.1 Å². The van der Waals surface area contributed by atoms with E-state index in [0.29, 0.717) is 6.42 Å². The Labute approximate surface area is 96.8 Å². The third-order valence-electron chi connectivity index (χ3n) is 2.53. The van der Waals surface area contributed by atoms with Crippen molar-refractivity contribution in [2.24, 2.45) is 5.73 Å². The molecule has 0 fully saturated rings. The number of carbonyl (C=O) groups is 1. The van der Waals surface area contributed by atoms with Crippen LogP contribution in [-0.4, -0.2) is 17.0 Å². The number of nitrogens with two attached hydrogens (primary N) is 1. The summed E-state index contributed by atoms with van der Waals surface area (Å²) in [5, 5.41) is 3.35. The SMILES string of the molecule is CCn1ccc(CNCCCCC(N)=O)c1. The van der Waals surface area contributed by atoms with E-state index < -0.39 is 0 Å². The molecule has 0 aliphatic carbocycles. The summed E-state index contributed by atoms with van der Waals surface area (Å²) in [5.74, 6) is -0.208. The molecule has 0 bridgehead atoms. The van der Waals surface area contributed by atoms with Crippen LogP contribution in [0.3, 0.4) is 0 Å². The molecule has 0 saturated carbocycles. The lowest BCUT2D eigenvalue weighted by Crippen LogP contribution is -2.16. The van der Waals surface area contributed by atoms with E-state index >= 15 is 0 Å². The van der Waals surface area contributed by atoms with Crippen LogP contribution in [0, 0.1) is 0 Å². The smallest absolute Gasteiger partial charge is 0.217 e. The first-order chi connectivity index (χ1) is 7.72. The fourth-order valence-corrected chi connectivity index (χ4v) is 1.57. The summed E-state index contributed by atoms with van der Waals surface area (Å²) in [4.78, 5) is 10.5. The van der Waals surface area contributed by atoms with Gasteiger partial charge in [-0.15, -0.1) is 0 Å². The van der Waals surface area contributed by atoms with Crippen molar-refractivity contribution >= 4 is 5.91 Å². The largest absolute Gasteiger partial charge is 0.370 e. The number of nitrogens with zero attached hydrogens (tertiary/aromatic N) is 1. The van der Waals surface area contributed by atoms with E-state index in [-0.39, 0.29) is 5.91 Å². The predicted molar refractivity (Wildman–Crippen MR) is 64.9 cm³/mol. The van der Waals surface area contributed by atoms with E-state index in [9.17, 15) is 4.79 Å². The Hall–Kier alpha value is -1.29. The van der Waals surface area contributed by atoms with Crippen molar-refractivity contribution in [1.82, 2.24) is 9.88 Å². The Kier molecular flexibility index (Phi) is 5.64. The number of rotatable bonds is 8. The second-order valence-electron chi connectivity index (χ2n) is 3.95. The van der Waals surface area contributed by atoms with Crippen LogP contribution >= 0.6 is 0 Å². The number of carbonyl (C=O) groups excluding carboxylic acids is 1. The van der Waals surface area contributed by atoms with Crippen LogP contribution in [0.25, 0.3) is 0 Å². The van der Waals surface area contributed by atoms with Crippen LogP contribution in [0.1, 0.15) is 31.7 Å². The van der Waals surface area contributed by atoms with Crippen LogP contribution in [0.15, 0.2) is 18.5 Å². The first kappa shape index (κ1) is 12.8. The molecule has 0 aliphatic rings. The van der Waals surface area contributed by atoms with Crippen LogP contribution in [0.2, 0.25) is 0 Å². The normalized spacial score (nSPS) is 10.6. The maximum absolute atomic E-state index is 10.5. The van der Waals surface area contributed by atoms with Crippen molar-refractivity contribution in [3.63, 3.8) is 0 Å². The van der Waals surface area contributed by atoms with Gasteiger partial charge in [0.2, 0.25) is 5.91 Å². The standard InChI is InChI=1S/C12H21N3O/c1-2-15-8-6-11(10-15)9-14-7-4-3-5-12(13)16/h6,8,10,14H,2-5,7,9H2,1H3,(H2,13,16). The topological polar surface area (TPSA) is 60.1 Å². The Balaban J connectivity index is 2.04. The molecule has 0 atom stereocenters. The molecule has 0 unspecified atom stereocenters. The van der Waals surface area contributed by atoms with E-state index in [1.807, 2.05) is 0 Å². The first-order valence-electron chi connectivity index (χ1n) is 5.86. The van der Waals surface area contributed by atoms with E-state index in [2.05, 4.69) is 35.3 Å². The minimum Gasteiger partial charge on any atom is -0.370 e. The van der Waals surface area contributed by atoms with Gasteiger partial charge in [0.15, 0.2) is 0 Å². The van der Waals surface area contributed by atoms with Gasteiger partial charge in [0.25, 0.3) is 0 Å². The van der Waals surface area contributed by atoms with E-state index in [1.54, 1.807) is 0 Å². The van der Waals surface area contributed by atoms with Crippen molar-refractivity contribution in [2.75, 3.05) is 6.54 Å². The van der Waals surface area contributed by atoms with Gasteiger partial charge < -0.3 is 15.6 Å². The number of hydrogen-bond acceptors (Lipinski definition) is 2. The predicted octanol–water partition coefficient (Wildman–Crippen LogP) is 1.25. The maximum atomic E-state index is 10.5. The van der Waals surface area contributed by atoms with Gasteiger partial charge in [-0.3, -0.25) is 4.79 Å². The number of nitrogens with one attached hydrogen (secondary N) is 1. The Morgan fingerprint density at radius 1 is 1.50 bits per heavy atom. The quantitative estimate of drug-likeness (QED) is 0.652. The highest BCUT2D eigenvalue weighted by atomic mass is 16.1. The van der Waals surface area contributed by atoms with E-state index in [0.717, 1.165) is 32.5 Å². The van der Waals surface area contributed by atoms with Crippen molar-refractivity contribution in [3.8, 4) is 0 Å². The third kappa shape index (κ3) is 4.98. The number of hydrogen-bond donors (Lipinski definition) is 2. The van der Waals surface area contributed by atoms with Crippen LogP contribution in [-0.2, 0) is 17.9 Å². The summed E-state index contributed by atoms with van der Waals surface area (Å²) in [6.07, 6.45) is 6.60. The van der Waals surface area contributed by atoms with Crippen LogP contribution in [0.4, 0.5) is 0 Å². The number of amides is 1. The highest BCUT2D eigenvalue weighted by molar-refractivity contribution is 5.73. The van der Waals surface area contributed by atoms with Crippen molar-refractivity contribution in [2.45, 2.75) is 39.3 Å². The minimum atomic E-state index is -0.208. The molecule has 3 N–H and O–H groups in total. The number of unbranched alkanes of at least 4 members (excludes halogenated alkanes) is 1. The molecule has 1 aromatic heterocycles. The third-order valence-corrected chi connectivity index (χ3v) is 2.53. The summed E-state index contributed by atoms with van der Waals surface area (Å²) < 4.78 is 2.16. The molecule has 1 heterocycles. The Morgan fingerprint density at radius 2 is 2.31 bits per heavy atom. The molecule has 90 valence electrons. The van der Waals surface area contributed by atoms with E-state index in [1.165, 1.54) is 5.56 Å². The molecule has 0 aromatic carbocycles. The molecule has 0 saturated heterocycles. The molecule has 0 aliphatic heterocycles. The summed E-state index contributed by atoms with van der Waals surface area (Å²) in [6, 6.07) is 2.12. The van der Waals surface area contributed by atoms with Gasteiger partial charge >= 0.3 is 0 Å². The average molecular weight is 223 g/mol. The van der Waals surface area contributed by atoms with Crippen LogP contribution in [0.5, 0.6) is 0 Å². The molecule has 1 rings (SSSR count). The molecular weight excluding hydrogens is 202 g/mol. The van der Waals surface area contributed by atoms with Gasteiger partial charge in [-0.2, -0.15) is 0 Å². The molecular formula is C12H21N3O. The second kappa shape index (κ2) is 7.06. The zero-order chi connectivity index (χ0) is 11.8. The number of aromatic nitrogens is 1. The average Bonchev–Trinajstić information content (AvgIpc) is 2.70. The minimum absolute atomic E-state index is 0.208. The van der Waals surface area contributed by atoms with Gasteiger partial charge in [0.1, 0.15) is 0 Å². The molecule has 16 heavy (non-hydrogen) atoms. The monoisotopic (exact) mass is 223 g/mol. The fraction of sp³-hybridized carbons (Fsp3) is 0.583. The van der Waals surface area contributed by atoms with E-state index in [4.69, 9.17) is 5.73 Å². The fourth-order valence-electron chi connectivity index (χ4n) is 1.57. The van der Waals surface area contributed by atoms with Gasteiger partial charge in [0, 0.05) is 31.9 Å². The molecule has 4 heteroatoms. The van der Waals surface area contributed by atoms with Gasteiger partial charge in [0.05, 0.1) is 0 Å². The lowest BCUT2D eigenvalue weighted by atomic mass is 10.2. The molecule has 4 nitrogen and oxygen atoms in total. The second-order valence-corrected chi connectivity index (χ2v) is 3.95. The van der Waals surface area contributed by atoms with Gasteiger partial charge in [-0.25, -0.2) is 0 Å². The molecule has 1 amide bonds. The van der Waals surface area contributed by atoms with Crippen molar-refractivity contribution in [3.05, 3.63) is 24.0 Å². The molecule has 0 radical (unpaired) electrons. The zero-order valence-corrected chi connectivity index (χ0v) is 9.91. The Bertz CT molecular complexity index is 320. The highest BCUT2D eigenvalue weighted by Crippen LogP contribution is 2.01. The Morgan fingerprint density at radius 3 is 2.94 bits per heavy atom. The lowest BCUT2D eigenvalue weighted by molar-refractivity contribution is -0.118. The lowest BCUT2D eigenvalue weighted by Gasteiger charge is -2.02. The van der Waals surface area contributed by atoms with Crippen molar-refractivity contribution in [1.29, 1.82) is 0 Å². The summed E-state index contributed by atoms with van der Waals surface area (Å²) in [6.45, 7) is 4.97. The number of aryl methyl sites for hydroxylation is 1. The van der Waals surface area contributed by atoms with Crippen molar-refractivity contribution < 1.29 is 4.79 Å². The summed E-state index contributed by atoms with van der Waals surface area (Å²) in [5.41, 5.74) is 6.36. The molecule has 1 aromatic rings. The summed E-state index contributed by atoms with van der Waals surface area (Å²) >= 11 is 0. The van der Waals surface area contributed by atoms with Gasteiger partial charge in [-0.1, -0.05) is 0 Å². The maximum Gasteiger partial charge on any atom is 0.217 e. The molecule has 0 spiro atoms. The first-order valence-corrected chi connectivity index (χ1v) is 5.86.